The van der Waals surface area contributed by atoms with E-state index in [9.17, 15) is 0 Å². The maximum Gasteiger partial charge on any atom is 0.0206 e. The van der Waals surface area contributed by atoms with Gasteiger partial charge in [0.2, 0.25) is 0 Å². The van der Waals surface area contributed by atoms with Crippen LogP contribution in [0.1, 0.15) is 44.1 Å². The maximum absolute atomic E-state index is 6.22. The molecule has 4 unspecified atom stereocenters. The summed E-state index contributed by atoms with van der Waals surface area (Å²) in [6.45, 7) is 4.58. The first-order valence-electron chi connectivity index (χ1n) is 7.80. The molecule has 2 nitrogen and oxygen atoms in total. The summed E-state index contributed by atoms with van der Waals surface area (Å²) in [5, 5.41) is 0. The van der Waals surface area contributed by atoms with Gasteiger partial charge in [0, 0.05) is 25.2 Å². The Bertz CT molecular complexity index is 393. The van der Waals surface area contributed by atoms with Crippen molar-refractivity contribution in [3.8, 4) is 0 Å². The van der Waals surface area contributed by atoms with Crippen molar-refractivity contribution >= 4 is 0 Å². The van der Waals surface area contributed by atoms with Gasteiger partial charge in [-0.3, -0.25) is 4.90 Å². The zero-order chi connectivity index (χ0) is 13.2. The van der Waals surface area contributed by atoms with E-state index in [0.29, 0.717) is 23.9 Å². The van der Waals surface area contributed by atoms with E-state index < -0.39 is 0 Å². The number of nitrogens with zero attached hydrogens (tertiary/aromatic N) is 1. The van der Waals surface area contributed by atoms with E-state index >= 15 is 0 Å². The molecule has 0 spiro atoms. The molecule has 0 radical (unpaired) electrons. The molecule has 104 valence electrons. The zero-order valence-electron chi connectivity index (χ0n) is 12.0. The molecule has 1 aliphatic carbocycles. The van der Waals surface area contributed by atoms with Crippen LogP contribution in [0.15, 0.2) is 30.3 Å². The predicted molar refractivity (Wildman–Crippen MR) is 80.2 cm³/mol. The van der Waals surface area contributed by atoms with Crippen LogP contribution in [0.2, 0.25) is 0 Å². The van der Waals surface area contributed by atoms with Crippen LogP contribution in [0.4, 0.5) is 0 Å². The lowest BCUT2D eigenvalue weighted by molar-refractivity contribution is 0.161. The quantitative estimate of drug-likeness (QED) is 0.883. The Hall–Kier alpha value is -0.860. The molecule has 3 rings (SSSR count). The molecule has 1 saturated heterocycles. The molecule has 1 heterocycles. The average molecular weight is 258 g/mol. The summed E-state index contributed by atoms with van der Waals surface area (Å²) >= 11 is 0. The van der Waals surface area contributed by atoms with Gasteiger partial charge in [0.1, 0.15) is 0 Å². The number of hydrogen-bond acceptors (Lipinski definition) is 2. The van der Waals surface area contributed by atoms with Crippen molar-refractivity contribution in [3.63, 3.8) is 0 Å². The van der Waals surface area contributed by atoms with Crippen molar-refractivity contribution in [3.05, 3.63) is 35.9 Å². The second-order valence-corrected chi connectivity index (χ2v) is 6.46. The summed E-state index contributed by atoms with van der Waals surface area (Å²) in [6.07, 6.45) is 5.45. The predicted octanol–water partition coefficient (Wildman–Crippen LogP) is 2.99. The molecule has 0 aromatic heterocycles. The highest BCUT2D eigenvalue weighted by atomic mass is 15.2. The smallest absolute Gasteiger partial charge is 0.0206 e. The van der Waals surface area contributed by atoms with Crippen LogP contribution in [-0.4, -0.2) is 30.1 Å². The third-order valence-electron chi connectivity index (χ3n) is 5.12. The van der Waals surface area contributed by atoms with Crippen molar-refractivity contribution < 1.29 is 0 Å². The van der Waals surface area contributed by atoms with Gasteiger partial charge in [-0.15, -0.1) is 0 Å². The molecule has 1 aromatic rings. The zero-order valence-corrected chi connectivity index (χ0v) is 12.0. The summed E-state index contributed by atoms with van der Waals surface area (Å²) in [4.78, 5) is 2.67. The minimum Gasteiger partial charge on any atom is -0.326 e. The fraction of sp³-hybridized carbons (Fsp3) is 0.647. The summed E-state index contributed by atoms with van der Waals surface area (Å²) in [7, 11) is 0. The number of rotatable bonds is 2. The highest BCUT2D eigenvalue weighted by Crippen LogP contribution is 2.37. The number of likely N-dealkylation sites (tertiary alicyclic amines) is 1. The minimum absolute atomic E-state index is 0.373. The van der Waals surface area contributed by atoms with Crippen molar-refractivity contribution in [2.75, 3.05) is 13.1 Å². The Morgan fingerprint density at radius 1 is 1.05 bits per heavy atom. The third kappa shape index (κ3) is 2.70. The van der Waals surface area contributed by atoms with E-state index in [-0.39, 0.29) is 0 Å². The molecule has 2 heteroatoms. The summed E-state index contributed by atoms with van der Waals surface area (Å²) in [6, 6.07) is 12.2. The second-order valence-electron chi connectivity index (χ2n) is 6.46. The summed E-state index contributed by atoms with van der Waals surface area (Å²) < 4.78 is 0. The highest BCUT2D eigenvalue weighted by molar-refractivity contribution is 5.22. The third-order valence-corrected chi connectivity index (χ3v) is 5.12. The highest BCUT2D eigenvalue weighted by Gasteiger charge is 2.36. The first kappa shape index (κ1) is 13.1. The first-order valence-corrected chi connectivity index (χ1v) is 7.80. The topological polar surface area (TPSA) is 29.3 Å². The van der Waals surface area contributed by atoms with Crippen LogP contribution in [-0.2, 0) is 0 Å². The first-order chi connectivity index (χ1) is 9.25. The van der Waals surface area contributed by atoms with E-state index in [1.54, 1.807) is 0 Å². The van der Waals surface area contributed by atoms with E-state index in [1.807, 2.05) is 0 Å². The van der Waals surface area contributed by atoms with Gasteiger partial charge in [-0.2, -0.15) is 0 Å². The molecule has 19 heavy (non-hydrogen) atoms. The van der Waals surface area contributed by atoms with E-state index in [2.05, 4.69) is 42.2 Å². The molecular weight excluding hydrogens is 232 g/mol. The molecule has 1 aromatic carbocycles. The van der Waals surface area contributed by atoms with E-state index in [4.69, 9.17) is 5.73 Å². The van der Waals surface area contributed by atoms with Crippen LogP contribution in [0.5, 0.6) is 0 Å². The van der Waals surface area contributed by atoms with Crippen molar-refractivity contribution in [2.24, 2.45) is 11.7 Å². The molecule has 2 aliphatic rings. The van der Waals surface area contributed by atoms with Crippen LogP contribution in [0.25, 0.3) is 0 Å². The molecule has 1 saturated carbocycles. The monoisotopic (exact) mass is 258 g/mol. The minimum atomic E-state index is 0.373. The van der Waals surface area contributed by atoms with Crippen molar-refractivity contribution in [2.45, 2.75) is 50.6 Å². The van der Waals surface area contributed by atoms with Gasteiger partial charge in [-0.1, -0.05) is 50.1 Å². The largest absolute Gasteiger partial charge is 0.326 e. The maximum atomic E-state index is 6.22. The molecular formula is C17H26N2. The lowest BCUT2D eigenvalue weighted by Crippen LogP contribution is -2.41. The Morgan fingerprint density at radius 3 is 2.47 bits per heavy atom. The second kappa shape index (κ2) is 5.64. The SMILES string of the molecule is CC1CN(C2CCCCC2c2ccccc2)CC1N. The Labute approximate surface area is 117 Å². The van der Waals surface area contributed by atoms with Crippen molar-refractivity contribution in [1.29, 1.82) is 0 Å². The van der Waals surface area contributed by atoms with Crippen LogP contribution >= 0.6 is 0 Å². The fourth-order valence-corrected chi connectivity index (χ4v) is 3.94. The lowest BCUT2D eigenvalue weighted by atomic mass is 9.79. The lowest BCUT2D eigenvalue weighted by Gasteiger charge is -2.38. The molecule has 0 amide bonds. The average Bonchev–Trinajstić information content (AvgIpc) is 2.80. The van der Waals surface area contributed by atoms with Crippen molar-refractivity contribution in [1.82, 2.24) is 4.90 Å². The van der Waals surface area contributed by atoms with E-state index in [1.165, 1.54) is 37.8 Å². The Morgan fingerprint density at radius 2 is 1.79 bits per heavy atom. The number of nitrogens with two attached hydrogens (primary N) is 1. The van der Waals surface area contributed by atoms with Gasteiger partial charge in [-0.05, 0) is 30.2 Å². The Kier molecular flexibility index (Phi) is 3.90. The van der Waals surface area contributed by atoms with Crippen LogP contribution in [0.3, 0.4) is 0 Å². The molecule has 2 N–H and O–H groups in total. The van der Waals surface area contributed by atoms with Gasteiger partial charge in [-0.25, -0.2) is 0 Å². The molecule has 2 fully saturated rings. The number of benzene rings is 1. The molecule has 0 bridgehead atoms. The standard InChI is InChI=1S/C17H26N2/c1-13-11-19(12-16(13)18)17-10-6-5-9-15(17)14-7-3-2-4-8-14/h2-4,7-8,13,15-17H,5-6,9-12,18H2,1H3. The fourth-order valence-electron chi connectivity index (χ4n) is 3.94. The van der Waals surface area contributed by atoms with Crippen LogP contribution < -0.4 is 5.73 Å². The van der Waals surface area contributed by atoms with Gasteiger partial charge in [0.15, 0.2) is 0 Å². The Balaban J connectivity index is 1.78. The van der Waals surface area contributed by atoms with Gasteiger partial charge in [0.25, 0.3) is 0 Å². The van der Waals surface area contributed by atoms with Gasteiger partial charge >= 0.3 is 0 Å². The summed E-state index contributed by atoms with van der Waals surface area (Å²) in [5.74, 6) is 1.37. The summed E-state index contributed by atoms with van der Waals surface area (Å²) in [5.41, 5.74) is 7.75. The van der Waals surface area contributed by atoms with Gasteiger partial charge in [0.05, 0.1) is 0 Å². The molecule has 1 aliphatic heterocycles. The van der Waals surface area contributed by atoms with Gasteiger partial charge < -0.3 is 5.73 Å². The molecule has 4 atom stereocenters. The van der Waals surface area contributed by atoms with Crippen LogP contribution in [0, 0.1) is 5.92 Å². The number of hydrogen-bond donors (Lipinski definition) is 1. The normalized spacial score (nSPS) is 36.5. The van der Waals surface area contributed by atoms with E-state index in [0.717, 1.165) is 6.54 Å².